The molecule has 1 amide bonds. The SMILES string of the molecule is CCOCC(NC(=O)C(CN)OC)C(C)C. The molecule has 0 aromatic carbocycles. The molecule has 5 heteroatoms. The minimum atomic E-state index is -0.581. The number of carbonyl (C=O) groups excluding carboxylic acids is 1. The van der Waals surface area contributed by atoms with E-state index in [9.17, 15) is 4.79 Å². The molecule has 2 unspecified atom stereocenters. The largest absolute Gasteiger partial charge is 0.380 e. The maximum absolute atomic E-state index is 11.7. The molecule has 0 aliphatic heterocycles. The summed E-state index contributed by atoms with van der Waals surface area (Å²) in [4.78, 5) is 11.7. The number of rotatable bonds is 8. The van der Waals surface area contributed by atoms with Gasteiger partial charge in [0.15, 0.2) is 0 Å². The van der Waals surface area contributed by atoms with Crippen LogP contribution in [0.25, 0.3) is 0 Å². The second-order valence-corrected chi connectivity index (χ2v) is 3.98. The van der Waals surface area contributed by atoms with Crippen LogP contribution in [-0.4, -0.2) is 44.9 Å². The molecule has 16 heavy (non-hydrogen) atoms. The van der Waals surface area contributed by atoms with Crippen LogP contribution >= 0.6 is 0 Å². The van der Waals surface area contributed by atoms with Crippen molar-refractivity contribution in [1.82, 2.24) is 5.32 Å². The third-order valence-corrected chi connectivity index (χ3v) is 2.42. The van der Waals surface area contributed by atoms with Crippen LogP contribution in [0.2, 0.25) is 0 Å². The first-order valence-corrected chi connectivity index (χ1v) is 5.67. The number of hydrogen-bond acceptors (Lipinski definition) is 4. The molecule has 0 aliphatic carbocycles. The molecule has 0 saturated heterocycles. The Labute approximate surface area is 97.7 Å². The zero-order chi connectivity index (χ0) is 12.6. The van der Waals surface area contributed by atoms with E-state index in [4.69, 9.17) is 15.2 Å². The molecule has 5 nitrogen and oxygen atoms in total. The molecule has 0 aliphatic rings. The summed E-state index contributed by atoms with van der Waals surface area (Å²) in [5.74, 6) is 0.134. The summed E-state index contributed by atoms with van der Waals surface area (Å²) in [5.41, 5.74) is 5.42. The summed E-state index contributed by atoms with van der Waals surface area (Å²) >= 11 is 0. The van der Waals surface area contributed by atoms with Crippen molar-refractivity contribution in [2.45, 2.75) is 32.9 Å². The standard InChI is InChI=1S/C11H24N2O3/c1-5-16-7-9(8(2)3)13-11(14)10(6-12)15-4/h8-10H,5-7,12H2,1-4H3,(H,13,14). The van der Waals surface area contributed by atoms with E-state index in [2.05, 4.69) is 5.32 Å². The molecule has 3 N–H and O–H groups in total. The fourth-order valence-electron chi connectivity index (χ4n) is 1.23. The van der Waals surface area contributed by atoms with E-state index >= 15 is 0 Å². The summed E-state index contributed by atoms with van der Waals surface area (Å²) in [6, 6.07) is -0.00310. The first kappa shape index (κ1) is 15.3. The Bertz CT molecular complexity index is 194. The average Bonchev–Trinajstić information content (AvgIpc) is 2.25. The van der Waals surface area contributed by atoms with Crippen molar-refractivity contribution in [3.05, 3.63) is 0 Å². The highest BCUT2D eigenvalue weighted by Gasteiger charge is 2.21. The smallest absolute Gasteiger partial charge is 0.250 e. The Morgan fingerprint density at radius 2 is 2.06 bits per heavy atom. The zero-order valence-electron chi connectivity index (χ0n) is 10.7. The van der Waals surface area contributed by atoms with E-state index in [0.717, 1.165) is 0 Å². The second kappa shape index (κ2) is 8.50. The predicted molar refractivity (Wildman–Crippen MR) is 63.1 cm³/mol. The van der Waals surface area contributed by atoms with Crippen molar-refractivity contribution >= 4 is 5.91 Å². The van der Waals surface area contributed by atoms with Gasteiger partial charge in [0.25, 0.3) is 5.91 Å². The van der Waals surface area contributed by atoms with Gasteiger partial charge in [0.05, 0.1) is 12.6 Å². The van der Waals surface area contributed by atoms with E-state index in [0.29, 0.717) is 19.1 Å². The molecular formula is C11H24N2O3. The van der Waals surface area contributed by atoms with Gasteiger partial charge in [-0.2, -0.15) is 0 Å². The first-order chi connectivity index (χ1) is 7.56. The monoisotopic (exact) mass is 232 g/mol. The highest BCUT2D eigenvalue weighted by atomic mass is 16.5. The van der Waals surface area contributed by atoms with E-state index in [1.165, 1.54) is 7.11 Å². The summed E-state index contributed by atoms with van der Waals surface area (Å²) in [6.07, 6.45) is -0.581. The normalized spacial score (nSPS) is 14.9. The molecule has 2 atom stereocenters. The lowest BCUT2D eigenvalue weighted by molar-refractivity contribution is -0.132. The van der Waals surface area contributed by atoms with Crippen LogP contribution in [0.4, 0.5) is 0 Å². The summed E-state index contributed by atoms with van der Waals surface area (Å²) in [5, 5.41) is 2.88. The van der Waals surface area contributed by atoms with Crippen LogP contribution in [0.5, 0.6) is 0 Å². The number of amides is 1. The summed E-state index contributed by atoms with van der Waals surface area (Å²) in [6.45, 7) is 7.34. The van der Waals surface area contributed by atoms with Crippen LogP contribution < -0.4 is 11.1 Å². The van der Waals surface area contributed by atoms with Crippen molar-refractivity contribution in [2.75, 3.05) is 26.9 Å². The molecule has 0 spiro atoms. The maximum Gasteiger partial charge on any atom is 0.250 e. The van der Waals surface area contributed by atoms with Gasteiger partial charge < -0.3 is 20.5 Å². The second-order valence-electron chi connectivity index (χ2n) is 3.98. The van der Waals surface area contributed by atoms with Crippen LogP contribution in [0, 0.1) is 5.92 Å². The van der Waals surface area contributed by atoms with Crippen LogP contribution in [-0.2, 0) is 14.3 Å². The molecule has 0 bridgehead atoms. The summed E-state index contributed by atoms with van der Waals surface area (Å²) < 4.78 is 10.3. The minimum Gasteiger partial charge on any atom is -0.380 e. The van der Waals surface area contributed by atoms with Crippen LogP contribution in [0.15, 0.2) is 0 Å². The van der Waals surface area contributed by atoms with Gasteiger partial charge >= 0.3 is 0 Å². The summed E-state index contributed by atoms with van der Waals surface area (Å²) in [7, 11) is 1.48. The molecule has 96 valence electrons. The molecular weight excluding hydrogens is 208 g/mol. The quantitative estimate of drug-likeness (QED) is 0.624. The number of nitrogens with one attached hydrogen (secondary N) is 1. The number of nitrogens with two attached hydrogens (primary N) is 1. The minimum absolute atomic E-state index is 0.00310. The molecule has 0 fully saturated rings. The third kappa shape index (κ3) is 5.44. The molecule has 0 radical (unpaired) electrons. The Kier molecular flexibility index (Phi) is 8.15. The van der Waals surface area contributed by atoms with Crippen LogP contribution in [0.3, 0.4) is 0 Å². The highest BCUT2D eigenvalue weighted by molar-refractivity contribution is 5.81. The number of ether oxygens (including phenoxy) is 2. The Morgan fingerprint density at radius 1 is 1.44 bits per heavy atom. The van der Waals surface area contributed by atoms with E-state index in [-0.39, 0.29) is 18.5 Å². The Morgan fingerprint density at radius 3 is 2.44 bits per heavy atom. The molecule has 0 aromatic rings. The van der Waals surface area contributed by atoms with Gasteiger partial charge in [-0.05, 0) is 12.8 Å². The number of hydrogen-bond donors (Lipinski definition) is 2. The molecule has 0 heterocycles. The molecule has 0 saturated carbocycles. The van der Waals surface area contributed by atoms with Gasteiger partial charge in [-0.25, -0.2) is 0 Å². The van der Waals surface area contributed by atoms with Gasteiger partial charge in [-0.3, -0.25) is 4.79 Å². The van der Waals surface area contributed by atoms with Gasteiger partial charge in [0.2, 0.25) is 0 Å². The lowest BCUT2D eigenvalue weighted by Crippen LogP contribution is -2.48. The van der Waals surface area contributed by atoms with Crippen molar-refractivity contribution in [2.24, 2.45) is 11.7 Å². The zero-order valence-corrected chi connectivity index (χ0v) is 10.7. The lowest BCUT2D eigenvalue weighted by Gasteiger charge is -2.24. The third-order valence-electron chi connectivity index (χ3n) is 2.42. The molecule has 0 aromatic heterocycles. The average molecular weight is 232 g/mol. The first-order valence-electron chi connectivity index (χ1n) is 5.67. The number of methoxy groups -OCH3 is 1. The van der Waals surface area contributed by atoms with Gasteiger partial charge in [-0.1, -0.05) is 13.8 Å². The van der Waals surface area contributed by atoms with Crippen molar-refractivity contribution in [3.8, 4) is 0 Å². The van der Waals surface area contributed by atoms with E-state index in [1.54, 1.807) is 0 Å². The fraction of sp³-hybridized carbons (Fsp3) is 0.909. The van der Waals surface area contributed by atoms with Crippen molar-refractivity contribution in [1.29, 1.82) is 0 Å². The van der Waals surface area contributed by atoms with Crippen molar-refractivity contribution < 1.29 is 14.3 Å². The number of carbonyl (C=O) groups is 1. The predicted octanol–water partition coefficient (Wildman–Crippen LogP) is 0.137. The Balaban J connectivity index is 4.21. The maximum atomic E-state index is 11.7. The van der Waals surface area contributed by atoms with Gasteiger partial charge in [-0.15, -0.1) is 0 Å². The Hall–Kier alpha value is -0.650. The highest BCUT2D eigenvalue weighted by Crippen LogP contribution is 2.03. The van der Waals surface area contributed by atoms with Gasteiger partial charge in [0, 0.05) is 20.3 Å². The topological polar surface area (TPSA) is 73.6 Å². The van der Waals surface area contributed by atoms with Crippen LogP contribution in [0.1, 0.15) is 20.8 Å². The lowest BCUT2D eigenvalue weighted by atomic mass is 10.1. The van der Waals surface area contributed by atoms with E-state index < -0.39 is 6.10 Å². The molecule has 0 rings (SSSR count). The van der Waals surface area contributed by atoms with Gasteiger partial charge in [0.1, 0.15) is 6.10 Å². The van der Waals surface area contributed by atoms with Crippen molar-refractivity contribution in [3.63, 3.8) is 0 Å². The van der Waals surface area contributed by atoms with E-state index in [1.807, 2.05) is 20.8 Å². The fourth-order valence-corrected chi connectivity index (χ4v) is 1.23.